The number of nitrogens with one attached hydrogen (secondary N) is 1. The molecule has 2 N–H and O–H groups in total. The quantitative estimate of drug-likeness (QED) is 0.788. The SMILES string of the molecule is O=C(O)C1CCC(NC2CCC(c3cccc(C(F)(F)F)c3)CC2)CC1. The lowest BCUT2D eigenvalue weighted by molar-refractivity contribution is -0.143. The van der Waals surface area contributed by atoms with Crippen LogP contribution in [-0.2, 0) is 11.0 Å². The van der Waals surface area contributed by atoms with Gasteiger partial charge in [0, 0.05) is 12.1 Å². The van der Waals surface area contributed by atoms with Crippen LogP contribution in [0.2, 0.25) is 0 Å². The number of aliphatic carboxylic acids is 1. The Bertz CT molecular complexity index is 616. The summed E-state index contributed by atoms with van der Waals surface area (Å²) in [5, 5.41) is 12.7. The first-order valence-electron chi connectivity index (χ1n) is 9.49. The van der Waals surface area contributed by atoms with Crippen molar-refractivity contribution in [3.63, 3.8) is 0 Å². The number of halogens is 3. The van der Waals surface area contributed by atoms with Crippen molar-refractivity contribution < 1.29 is 23.1 Å². The van der Waals surface area contributed by atoms with Crippen molar-refractivity contribution in [3.8, 4) is 0 Å². The smallest absolute Gasteiger partial charge is 0.416 e. The Kier molecular flexibility index (Phi) is 5.90. The van der Waals surface area contributed by atoms with Crippen LogP contribution in [0.5, 0.6) is 0 Å². The molecule has 144 valence electrons. The van der Waals surface area contributed by atoms with Gasteiger partial charge >= 0.3 is 12.1 Å². The summed E-state index contributed by atoms with van der Waals surface area (Å²) in [5.41, 5.74) is 0.227. The number of carboxylic acids is 1. The van der Waals surface area contributed by atoms with Crippen LogP contribution in [0.25, 0.3) is 0 Å². The summed E-state index contributed by atoms with van der Waals surface area (Å²) in [5.74, 6) is -0.701. The van der Waals surface area contributed by atoms with Crippen LogP contribution in [0.3, 0.4) is 0 Å². The minimum absolute atomic E-state index is 0.193. The van der Waals surface area contributed by atoms with Crippen molar-refractivity contribution in [2.75, 3.05) is 0 Å². The molecule has 0 aromatic heterocycles. The molecule has 2 saturated carbocycles. The third kappa shape index (κ3) is 4.78. The molecule has 1 aromatic carbocycles. The van der Waals surface area contributed by atoms with Crippen LogP contribution in [0.1, 0.15) is 68.4 Å². The Morgan fingerprint density at radius 1 is 0.962 bits per heavy atom. The maximum atomic E-state index is 12.9. The molecular formula is C20H26F3NO2. The number of hydrogen-bond donors (Lipinski definition) is 2. The van der Waals surface area contributed by atoms with Gasteiger partial charge < -0.3 is 10.4 Å². The normalized spacial score (nSPS) is 30.1. The summed E-state index contributed by atoms with van der Waals surface area (Å²) in [6.45, 7) is 0. The van der Waals surface area contributed by atoms with E-state index in [-0.39, 0.29) is 11.8 Å². The maximum absolute atomic E-state index is 12.9. The van der Waals surface area contributed by atoms with E-state index in [0.717, 1.165) is 63.0 Å². The summed E-state index contributed by atoms with van der Waals surface area (Å²) in [6, 6.07) is 6.50. The Balaban J connectivity index is 1.48. The molecule has 2 fully saturated rings. The predicted octanol–water partition coefficient (Wildman–Crippen LogP) is 4.96. The molecule has 0 unspecified atom stereocenters. The van der Waals surface area contributed by atoms with Crippen molar-refractivity contribution in [1.29, 1.82) is 0 Å². The predicted molar refractivity (Wildman–Crippen MR) is 93.0 cm³/mol. The van der Waals surface area contributed by atoms with Gasteiger partial charge in [0.05, 0.1) is 11.5 Å². The largest absolute Gasteiger partial charge is 0.481 e. The van der Waals surface area contributed by atoms with Crippen LogP contribution in [-0.4, -0.2) is 23.2 Å². The lowest BCUT2D eigenvalue weighted by atomic mass is 9.80. The van der Waals surface area contributed by atoms with Crippen LogP contribution in [0.4, 0.5) is 13.2 Å². The van der Waals surface area contributed by atoms with Crippen LogP contribution >= 0.6 is 0 Å². The summed E-state index contributed by atoms with van der Waals surface area (Å²) >= 11 is 0. The van der Waals surface area contributed by atoms with Crippen molar-refractivity contribution in [1.82, 2.24) is 5.32 Å². The van der Waals surface area contributed by atoms with E-state index in [9.17, 15) is 18.0 Å². The first-order valence-corrected chi connectivity index (χ1v) is 9.49. The topological polar surface area (TPSA) is 49.3 Å². The second kappa shape index (κ2) is 7.99. The van der Waals surface area contributed by atoms with Crippen LogP contribution in [0, 0.1) is 5.92 Å². The fraction of sp³-hybridized carbons (Fsp3) is 0.650. The molecule has 0 spiro atoms. The Morgan fingerprint density at radius 3 is 2.08 bits per heavy atom. The summed E-state index contributed by atoms with van der Waals surface area (Å²) < 4.78 is 38.7. The number of carboxylic acid groups (broad SMARTS) is 1. The second-order valence-corrected chi connectivity index (χ2v) is 7.73. The standard InChI is InChI=1S/C20H26F3NO2/c21-20(22,23)16-3-1-2-15(12-16)13-4-8-17(9-5-13)24-18-10-6-14(7-11-18)19(25)26/h1-3,12-14,17-18,24H,4-11H2,(H,25,26). The van der Waals surface area contributed by atoms with Crippen molar-refractivity contribution in [3.05, 3.63) is 35.4 Å². The molecule has 0 heterocycles. The minimum Gasteiger partial charge on any atom is -0.481 e. The molecule has 6 heteroatoms. The van der Waals surface area contributed by atoms with E-state index in [1.54, 1.807) is 6.07 Å². The lowest BCUT2D eigenvalue weighted by Gasteiger charge is -2.35. The number of carbonyl (C=O) groups is 1. The molecule has 0 aliphatic heterocycles. The van der Waals surface area contributed by atoms with E-state index in [1.807, 2.05) is 0 Å². The molecule has 0 amide bonds. The van der Waals surface area contributed by atoms with Crippen LogP contribution in [0.15, 0.2) is 24.3 Å². The Hall–Kier alpha value is -1.56. The molecule has 2 aliphatic carbocycles. The maximum Gasteiger partial charge on any atom is 0.416 e. The van der Waals surface area contributed by atoms with Gasteiger partial charge in [-0.1, -0.05) is 18.2 Å². The molecule has 0 saturated heterocycles. The van der Waals surface area contributed by atoms with Crippen molar-refractivity contribution >= 4 is 5.97 Å². The van der Waals surface area contributed by atoms with Gasteiger partial charge in [0.25, 0.3) is 0 Å². The average molecular weight is 369 g/mol. The highest BCUT2D eigenvalue weighted by Gasteiger charge is 2.32. The number of benzene rings is 1. The van der Waals surface area contributed by atoms with Crippen molar-refractivity contribution in [2.45, 2.75) is 75.5 Å². The van der Waals surface area contributed by atoms with Crippen molar-refractivity contribution in [2.24, 2.45) is 5.92 Å². The Labute approximate surface area is 152 Å². The van der Waals surface area contributed by atoms with Gasteiger partial charge in [-0.25, -0.2) is 0 Å². The molecular weight excluding hydrogens is 343 g/mol. The van der Waals surface area contributed by atoms with Gasteiger partial charge in [-0.3, -0.25) is 4.79 Å². The highest BCUT2D eigenvalue weighted by atomic mass is 19.4. The van der Waals surface area contributed by atoms with Gasteiger partial charge in [0.15, 0.2) is 0 Å². The Morgan fingerprint density at radius 2 is 1.54 bits per heavy atom. The van der Waals surface area contributed by atoms with Gasteiger partial charge in [-0.05, 0) is 68.9 Å². The highest BCUT2D eigenvalue weighted by Crippen LogP contribution is 2.37. The lowest BCUT2D eigenvalue weighted by Crippen LogP contribution is -2.42. The number of rotatable bonds is 4. The summed E-state index contributed by atoms with van der Waals surface area (Å²) in [6.07, 6.45) is 2.66. The zero-order chi connectivity index (χ0) is 18.7. The molecule has 0 radical (unpaired) electrons. The van der Waals surface area contributed by atoms with E-state index in [4.69, 9.17) is 5.11 Å². The molecule has 2 aliphatic rings. The molecule has 3 nitrogen and oxygen atoms in total. The van der Waals surface area contributed by atoms with Gasteiger partial charge in [-0.15, -0.1) is 0 Å². The van der Waals surface area contributed by atoms with E-state index in [1.165, 1.54) is 12.1 Å². The fourth-order valence-corrected chi connectivity index (χ4v) is 4.40. The number of hydrogen-bond acceptors (Lipinski definition) is 2. The van der Waals surface area contributed by atoms with E-state index in [2.05, 4.69) is 5.32 Å². The van der Waals surface area contributed by atoms with Gasteiger partial charge in [-0.2, -0.15) is 13.2 Å². The zero-order valence-corrected chi connectivity index (χ0v) is 14.8. The first-order chi connectivity index (χ1) is 12.3. The van der Waals surface area contributed by atoms with Crippen LogP contribution < -0.4 is 5.32 Å². The average Bonchev–Trinajstić information content (AvgIpc) is 2.62. The molecule has 0 atom stereocenters. The second-order valence-electron chi connectivity index (χ2n) is 7.73. The molecule has 26 heavy (non-hydrogen) atoms. The van der Waals surface area contributed by atoms with E-state index in [0.29, 0.717) is 12.1 Å². The highest BCUT2D eigenvalue weighted by molar-refractivity contribution is 5.70. The summed E-state index contributed by atoms with van der Waals surface area (Å²) in [4.78, 5) is 11.0. The van der Waals surface area contributed by atoms with Gasteiger partial charge in [0.1, 0.15) is 0 Å². The minimum atomic E-state index is -4.29. The molecule has 1 aromatic rings. The third-order valence-electron chi connectivity index (χ3n) is 5.96. The van der Waals surface area contributed by atoms with E-state index >= 15 is 0 Å². The van der Waals surface area contributed by atoms with E-state index < -0.39 is 17.7 Å². The molecule has 3 rings (SSSR count). The monoisotopic (exact) mass is 369 g/mol. The first kappa shape index (κ1) is 19.2. The molecule has 0 bridgehead atoms. The van der Waals surface area contributed by atoms with Gasteiger partial charge in [0.2, 0.25) is 0 Å². The summed E-state index contributed by atoms with van der Waals surface area (Å²) in [7, 11) is 0. The third-order valence-corrected chi connectivity index (χ3v) is 5.96. The zero-order valence-electron chi connectivity index (χ0n) is 14.8. The fourth-order valence-electron chi connectivity index (χ4n) is 4.40. The number of alkyl halides is 3.